The average molecular weight is 324 g/mol. The van der Waals surface area contributed by atoms with E-state index in [1.807, 2.05) is 54.6 Å². The number of para-hydroxylation sites is 1. The van der Waals surface area contributed by atoms with Crippen molar-refractivity contribution in [3.05, 3.63) is 72.3 Å². The third-order valence-electron chi connectivity index (χ3n) is 3.10. The van der Waals surface area contributed by atoms with Crippen molar-refractivity contribution in [2.75, 3.05) is 18.5 Å². The third kappa shape index (κ3) is 6.79. The van der Waals surface area contributed by atoms with E-state index in [1.54, 1.807) is 18.2 Å². The zero-order chi connectivity index (χ0) is 17.0. The molecule has 2 aromatic rings. The Kier molecular flexibility index (Phi) is 7.08. The van der Waals surface area contributed by atoms with Crippen molar-refractivity contribution in [1.29, 1.82) is 0 Å². The van der Waals surface area contributed by atoms with Gasteiger partial charge in [0.25, 0.3) is 0 Å². The molecule has 0 saturated heterocycles. The molecule has 5 nitrogen and oxygen atoms in total. The van der Waals surface area contributed by atoms with Crippen LogP contribution in [0.25, 0.3) is 6.08 Å². The standard InChI is InChI=1S/C19H20N2O3/c22-18(24-15-7-10-16-8-3-1-4-9-16)13-14-20-19(23)21-17-11-5-2-6-12-17/h1-12H,13-15H2,(H2,20,21,23)/b10-7+. The maximum Gasteiger partial charge on any atom is 0.319 e. The maximum absolute atomic E-state index is 11.6. The zero-order valence-corrected chi connectivity index (χ0v) is 13.3. The highest BCUT2D eigenvalue weighted by molar-refractivity contribution is 5.89. The first kappa shape index (κ1) is 17.3. The lowest BCUT2D eigenvalue weighted by molar-refractivity contribution is -0.142. The highest BCUT2D eigenvalue weighted by Gasteiger charge is 2.04. The summed E-state index contributed by atoms with van der Waals surface area (Å²) < 4.78 is 5.07. The van der Waals surface area contributed by atoms with E-state index in [0.717, 1.165) is 5.56 Å². The lowest BCUT2D eigenvalue weighted by Gasteiger charge is -2.07. The van der Waals surface area contributed by atoms with Gasteiger partial charge in [-0.2, -0.15) is 0 Å². The number of ether oxygens (including phenoxy) is 1. The second-order valence-electron chi connectivity index (χ2n) is 4.99. The van der Waals surface area contributed by atoms with Crippen molar-refractivity contribution in [3.8, 4) is 0 Å². The number of carbonyl (C=O) groups is 2. The molecule has 2 aromatic carbocycles. The third-order valence-corrected chi connectivity index (χ3v) is 3.10. The molecule has 0 aromatic heterocycles. The highest BCUT2D eigenvalue weighted by Crippen LogP contribution is 2.04. The molecule has 0 heterocycles. The Morgan fingerprint density at radius 1 is 0.958 bits per heavy atom. The van der Waals surface area contributed by atoms with Crippen LogP contribution in [-0.2, 0) is 9.53 Å². The van der Waals surface area contributed by atoms with Crippen LogP contribution >= 0.6 is 0 Å². The number of anilines is 1. The Bertz CT molecular complexity index is 670. The normalized spacial score (nSPS) is 10.3. The van der Waals surface area contributed by atoms with Gasteiger partial charge < -0.3 is 15.4 Å². The Hall–Kier alpha value is -3.08. The van der Waals surface area contributed by atoms with Gasteiger partial charge in [0.2, 0.25) is 0 Å². The molecule has 5 heteroatoms. The zero-order valence-electron chi connectivity index (χ0n) is 13.3. The van der Waals surface area contributed by atoms with E-state index in [4.69, 9.17) is 4.74 Å². The molecule has 2 rings (SSSR count). The molecule has 2 N–H and O–H groups in total. The molecular formula is C19H20N2O3. The summed E-state index contributed by atoms with van der Waals surface area (Å²) in [7, 11) is 0. The van der Waals surface area contributed by atoms with Gasteiger partial charge in [0.1, 0.15) is 6.61 Å². The molecule has 0 aliphatic carbocycles. The number of urea groups is 1. The van der Waals surface area contributed by atoms with Gasteiger partial charge in [-0.15, -0.1) is 0 Å². The van der Waals surface area contributed by atoms with Crippen molar-refractivity contribution in [2.24, 2.45) is 0 Å². The molecule has 24 heavy (non-hydrogen) atoms. The van der Waals surface area contributed by atoms with E-state index in [-0.39, 0.29) is 31.6 Å². The molecule has 0 radical (unpaired) electrons. The average Bonchev–Trinajstić information content (AvgIpc) is 2.60. The lowest BCUT2D eigenvalue weighted by Crippen LogP contribution is -2.30. The van der Waals surface area contributed by atoms with E-state index < -0.39 is 0 Å². The van der Waals surface area contributed by atoms with Crippen LogP contribution in [0, 0.1) is 0 Å². The van der Waals surface area contributed by atoms with Gasteiger partial charge in [-0.3, -0.25) is 4.79 Å². The largest absolute Gasteiger partial charge is 0.461 e. The summed E-state index contributed by atoms with van der Waals surface area (Å²) in [5, 5.41) is 5.28. The molecule has 0 aliphatic rings. The van der Waals surface area contributed by atoms with Crippen LogP contribution in [0.1, 0.15) is 12.0 Å². The summed E-state index contributed by atoms with van der Waals surface area (Å²) in [6.07, 6.45) is 3.79. The van der Waals surface area contributed by atoms with Crippen LogP contribution in [0.2, 0.25) is 0 Å². The van der Waals surface area contributed by atoms with Gasteiger partial charge in [-0.05, 0) is 23.8 Å². The predicted octanol–water partition coefficient (Wildman–Crippen LogP) is 3.45. The Labute approximate surface area is 141 Å². The van der Waals surface area contributed by atoms with Crippen LogP contribution in [0.15, 0.2) is 66.7 Å². The van der Waals surface area contributed by atoms with Crippen molar-refractivity contribution in [1.82, 2.24) is 5.32 Å². The van der Waals surface area contributed by atoms with Crippen LogP contribution in [-0.4, -0.2) is 25.2 Å². The summed E-state index contributed by atoms with van der Waals surface area (Å²) in [4.78, 5) is 23.2. The number of nitrogens with one attached hydrogen (secondary N) is 2. The molecular weight excluding hydrogens is 304 g/mol. The monoisotopic (exact) mass is 324 g/mol. The SMILES string of the molecule is O=C(NCCC(=O)OC/C=C/c1ccccc1)Nc1ccccc1. The maximum atomic E-state index is 11.6. The number of carbonyl (C=O) groups excluding carboxylic acids is 2. The predicted molar refractivity (Wildman–Crippen MR) is 94.5 cm³/mol. The number of hydrogen-bond acceptors (Lipinski definition) is 3. The van der Waals surface area contributed by atoms with Crippen molar-refractivity contribution in [2.45, 2.75) is 6.42 Å². The molecule has 0 bridgehead atoms. The van der Waals surface area contributed by atoms with E-state index in [0.29, 0.717) is 5.69 Å². The molecule has 0 atom stereocenters. The van der Waals surface area contributed by atoms with Crippen LogP contribution in [0.4, 0.5) is 10.5 Å². The Morgan fingerprint density at radius 2 is 1.62 bits per heavy atom. The number of amides is 2. The minimum atomic E-state index is -0.354. The lowest BCUT2D eigenvalue weighted by atomic mass is 10.2. The van der Waals surface area contributed by atoms with Gasteiger partial charge >= 0.3 is 12.0 Å². The minimum absolute atomic E-state index is 0.126. The van der Waals surface area contributed by atoms with Crippen LogP contribution in [0.3, 0.4) is 0 Å². The van der Waals surface area contributed by atoms with E-state index in [2.05, 4.69) is 10.6 Å². The van der Waals surface area contributed by atoms with E-state index in [9.17, 15) is 9.59 Å². The summed E-state index contributed by atoms with van der Waals surface area (Å²) >= 11 is 0. The molecule has 0 spiro atoms. The first-order chi connectivity index (χ1) is 11.7. The molecule has 124 valence electrons. The fraction of sp³-hybridized carbons (Fsp3) is 0.158. The highest BCUT2D eigenvalue weighted by atomic mass is 16.5. The first-order valence-corrected chi connectivity index (χ1v) is 7.71. The molecule has 0 aliphatic heterocycles. The number of hydrogen-bond donors (Lipinski definition) is 2. The van der Waals surface area contributed by atoms with Gasteiger partial charge in [0, 0.05) is 12.2 Å². The first-order valence-electron chi connectivity index (χ1n) is 7.71. The van der Waals surface area contributed by atoms with Crippen molar-refractivity contribution < 1.29 is 14.3 Å². The topological polar surface area (TPSA) is 67.4 Å². The molecule has 0 fully saturated rings. The summed E-state index contributed by atoms with van der Waals surface area (Å²) in [5.74, 6) is -0.354. The number of rotatable bonds is 7. The number of benzene rings is 2. The fourth-order valence-electron chi connectivity index (χ4n) is 1.94. The number of esters is 1. The minimum Gasteiger partial charge on any atom is -0.461 e. The van der Waals surface area contributed by atoms with Gasteiger partial charge in [-0.1, -0.05) is 54.6 Å². The van der Waals surface area contributed by atoms with Crippen molar-refractivity contribution in [3.63, 3.8) is 0 Å². The second kappa shape index (κ2) is 9.84. The Morgan fingerprint density at radius 3 is 2.33 bits per heavy atom. The molecule has 0 unspecified atom stereocenters. The van der Waals surface area contributed by atoms with E-state index in [1.165, 1.54) is 0 Å². The smallest absolute Gasteiger partial charge is 0.319 e. The summed E-state index contributed by atoms with van der Waals surface area (Å²) in [6, 6.07) is 18.5. The van der Waals surface area contributed by atoms with Crippen LogP contribution in [0.5, 0.6) is 0 Å². The summed E-state index contributed by atoms with van der Waals surface area (Å²) in [5.41, 5.74) is 1.75. The van der Waals surface area contributed by atoms with Gasteiger partial charge in [0.05, 0.1) is 6.42 Å². The quantitative estimate of drug-likeness (QED) is 0.767. The second-order valence-corrected chi connectivity index (χ2v) is 4.99. The molecule has 0 saturated carbocycles. The Balaban J connectivity index is 1.58. The van der Waals surface area contributed by atoms with E-state index >= 15 is 0 Å². The summed E-state index contributed by atoms with van der Waals surface area (Å²) in [6.45, 7) is 0.434. The fourth-order valence-corrected chi connectivity index (χ4v) is 1.94. The van der Waals surface area contributed by atoms with Crippen molar-refractivity contribution >= 4 is 23.8 Å². The van der Waals surface area contributed by atoms with Crippen LogP contribution < -0.4 is 10.6 Å². The van der Waals surface area contributed by atoms with Gasteiger partial charge in [-0.25, -0.2) is 4.79 Å². The van der Waals surface area contributed by atoms with Gasteiger partial charge in [0.15, 0.2) is 0 Å². The molecule has 2 amide bonds.